The van der Waals surface area contributed by atoms with Gasteiger partial charge in [0.15, 0.2) is 11.5 Å². The maximum atomic E-state index is 10.7. The van der Waals surface area contributed by atoms with E-state index in [1.807, 2.05) is 0 Å². The van der Waals surface area contributed by atoms with Gasteiger partial charge in [0.05, 0.1) is 19.0 Å². The van der Waals surface area contributed by atoms with Gasteiger partial charge in [0, 0.05) is 0 Å². The second kappa shape index (κ2) is 7.41. The van der Waals surface area contributed by atoms with Crippen LogP contribution in [0.25, 0.3) is 11.2 Å². The van der Waals surface area contributed by atoms with Crippen molar-refractivity contribution in [1.82, 2.24) is 19.5 Å². The highest BCUT2D eigenvalue weighted by atomic mass is 31.2. The minimum absolute atomic E-state index is 0. The van der Waals surface area contributed by atoms with Crippen LogP contribution in [0.3, 0.4) is 0 Å². The van der Waals surface area contributed by atoms with Gasteiger partial charge in [0.1, 0.15) is 18.2 Å². The summed E-state index contributed by atoms with van der Waals surface area (Å²) in [5, 5.41) is 0. The van der Waals surface area contributed by atoms with Crippen LogP contribution in [0, 0.1) is 0 Å². The maximum absolute atomic E-state index is 10.7. The minimum Gasteiger partial charge on any atom is -0.412 e. The lowest BCUT2D eigenvalue weighted by Gasteiger charge is -2.14. The zero-order valence-electron chi connectivity index (χ0n) is 11.2. The summed E-state index contributed by atoms with van der Waals surface area (Å²) in [7, 11) is -4.16. The third kappa shape index (κ3) is 5.01. The van der Waals surface area contributed by atoms with Gasteiger partial charge in [-0.05, 0) is 6.92 Å². The van der Waals surface area contributed by atoms with E-state index < -0.39 is 20.0 Å². The Hall–Kier alpha value is -1.62. The summed E-state index contributed by atoms with van der Waals surface area (Å²) < 4.78 is 17.5. The molecule has 1 atom stereocenters. The summed E-state index contributed by atoms with van der Waals surface area (Å²) in [4.78, 5) is 29.4. The van der Waals surface area contributed by atoms with E-state index in [0.717, 1.165) is 0 Å². The zero-order chi connectivity index (χ0) is 14.0. The van der Waals surface area contributed by atoms with Crippen LogP contribution in [0.15, 0.2) is 12.7 Å². The summed E-state index contributed by atoms with van der Waals surface area (Å²) in [5.74, 6) is 0.285. The van der Waals surface area contributed by atoms with Gasteiger partial charge in [0.25, 0.3) is 0 Å². The first-order valence-electron chi connectivity index (χ1n) is 5.44. The Kier molecular flexibility index (Phi) is 6.83. The van der Waals surface area contributed by atoms with Crippen LogP contribution in [0.4, 0.5) is 5.82 Å². The number of imidazole rings is 1. The zero-order valence-corrected chi connectivity index (χ0v) is 12.1. The smallest absolute Gasteiger partial charge is 0.350 e. The van der Waals surface area contributed by atoms with E-state index in [4.69, 9.17) is 20.3 Å². The highest BCUT2D eigenvalue weighted by molar-refractivity contribution is 7.51. The molecule has 12 heteroatoms. The number of hydrogen-bond acceptors (Lipinski definition) is 6. The van der Waals surface area contributed by atoms with Crippen LogP contribution in [-0.2, 0) is 15.8 Å². The fourth-order valence-corrected chi connectivity index (χ4v) is 2.04. The van der Waals surface area contributed by atoms with Gasteiger partial charge in [-0.15, -0.1) is 0 Å². The third-order valence-electron chi connectivity index (χ3n) is 2.41. The molecule has 11 nitrogen and oxygen atoms in total. The average Bonchev–Trinajstić information content (AvgIpc) is 2.71. The normalized spacial score (nSPS) is 12.5. The first-order valence-corrected chi connectivity index (χ1v) is 7.24. The molecule has 2 rings (SSSR count). The molecule has 2 heterocycles. The number of ether oxygens (including phenoxy) is 1. The first kappa shape index (κ1) is 19.4. The number of fused-ring (bicyclic) bond motifs is 1. The Morgan fingerprint density at radius 2 is 2.05 bits per heavy atom. The number of nitrogens with two attached hydrogens (primary N) is 1. The van der Waals surface area contributed by atoms with Gasteiger partial charge in [-0.1, -0.05) is 0 Å². The molecule has 0 spiro atoms. The Bertz CT molecular complexity index is 628. The Morgan fingerprint density at radius 1 is 1.38 bits per heavy atom. The van der Waals surface area contributed by atoms with Crippen LogP contribution in [-0.4, -0.2) is 52.7 Å². The molecule has 2 aromatic heterocycles. The van der Waals surface area contributed by atoms with E-state index in [0.29, 0.717) is 17.7 Å². The van der Waals surface area contributed by atoms with E-state index in [9.17, 15) is 4.57 Å². The Morgan fingerprint density at radius 3 is 2.67 bits per heavy atom. The summed E-state index contributed by atoms with van der Waals surface area (Å²) in [6.45, 7) is 2.05. The fourth-order valence-electron chi connectivity index (χ4n) is 1.59. The molecule has 0 aliphatic heterocycles. The van der Waals surface area contributed by atoms with E-state index in [1.54, 1.807) is 11.5 Å². The van der Waals surface area contributed by atoms with Gasteiger partial charge in [0.2, 0.25) is 0 Å². The highest BCUT2D eigenvalue weighted by Gasteiger charge is 2.16. The van der Waals surface area contributed by atoms with E-state index >= 15 is 0 Å². The molecular weight excluding hydrogens is 305 g/mol. The molecule has 120 valence electrons. The molecule has 0 saturated carbocycles. The molecule has 0 radical (unpaired) electrons. The van der Waals surface area contributed by atoms with Crippen molar-refractivity contribution in [2.45, 2.75) is 19.6 Å². The summed E-state index contributed by atoms with van der Waals surface area (Å²) >= 11 is 0. The number of aromatic nitrogens is 4. The van der Waals surface area contributed by atoms with Crippen LogP contribution in [0.5, 0.6) is 0 Å². The van der Waals surface area contributed by atoms with Crippen molar-refractivity contribution in [3.8, 4) is 0 Å². The van der Waals surface area contributed by atoms with Crippen LogP contribution >= 0.6 is 7.60 Å². The lowest BCUT2D eigenvalue weighted by atomic mass is 10.4. The molecular formula is C9H18N5O6P. The Labute approximate surface area is 119 Å². The molecule has 0 aliphatic carbocycles. The molecule has 2 aromatic rings. The van der Waals surface area contributed by atoms with E-state index in [-0.39, 0.29) is 16.8 Å². The van der Waals surface area contributed by atoms with Gasteiger partial charge in [-0.3, -0.25) is 4.57 Å². The predicted octanol–water partition coefficient (Wildman–Crippen LogP) is -1.70. The fraction of sp³-hybridized carbons (Fsp3) is 0.444. The summed E-state index contributed by atoms with van der Waals surface area (Å²) in [6, 6.07) is 0. The van der Waals surface area contributed by atoms with Gasteiger partial charge in [-0.25, -0.2) is 15.0 Å². The van der Waals surface area contributed by atoms with Crippen molar-refractivity contribution in [2.75, 3.05) is 12.1 Å². The maximum Gasteiger partial charge on any atom is 0.350 e. The predicted molar refractivity (Wildman–Crippen MR) is 74.4 cm³/mol. The number of hydrogen-bond donors (Lipinski definition) is 3. The van der Waals surface area contributed by atoms with Gasteiger partial charge in [-0.2, -0.15) is 0 Å². The van der Waals surface area contributed by atoms with Crippen LogP contribution < -0.4 is 5.73 Å². The number of anilines is 1. The molecule has 0 aliphatic rings. The SMILES string of the molecule is C[C@H](Cn1cnc2c(N)ncnc21)OCP(=O)(O)O.O.O. The van der Waals surface area contributed by atoms with Crippen molar-refractivity contribution < 1.29 is 30.0 Å². The van der Waals surface area contributed by atoms with Crippen molar-refractivity contribution in [2.24, 2.45) is 0 Å². The second-order valence-corrected chi connectivity index (χ2v) is 5.69. The van der Waals surface area contributed by atoms with Gasteiger partial charge < -0.3 is 35.8 Å². The van der Waals surface area contributed by atoms with Crippen LogP contribution in [0.1, 0.15) is 6.92 Å². The molecule has 0 fully saturated rings. The van der Waals surface area contributed by atoms with Gasteiger partial charge >= 0.3 is 7.60 Å². The molecule has 8 N–H and O–H groups in total. The summed E-state index contributed by atoms with van der Waals surface area (Å²) in [5.41, 5.74) is 6.70. The highest BCUT2D eigenvalue weighted by Crippen LogP contribution is 2.34. The average molecular weight is 323 g/mol. The molecule has 0 amide bonds. The quantitative estimate of drug-likeness (QED) is 0.540. The number of rotatable bonds is 5. The largest absolute Gasteiger partial charge is 0.412 e. The molecule has 0 aromatic carbocycles. The van der Waals surface area contributed by atoms with E-state index in [1.165, 1.54) is 12.7 Å². The monoisotopic (exact) mass is 323 g/mol. The van der Waals surface area contributed by atoms with Crippen LogP contribution in [0.2, 0.25) is 0 Å². The molecule has 0 unspecified atom stereocenters. The van der Waals surface area contributed by atoms with Crippen molar-refractivity contribution in [3.63, 3.8) is 0 Å². The van der Waals surface area contributed by atoms with Crippen molar-refractivity contribution in [1.29, 1.82) is 0 Å². The van der Waals surface area contributed by atoms with Crippen molar-refractivity contribution in [3.05, 3.63) is 12.7 Å². The first-order chi connectivity index (χ1) is 8.87. The summed E-state index contributed by atoms with van der Waals surface area (Å²) in [6.07, 6.45) is 1.85. The molecule has 21 heavy (non-hydrogen) atoms. The second-order valence-electron chi connectivity index (χ2n) is 4.10. The molecule has 0 bridgehead atoms. The standard InChI is InChI=1S/C9H14N5O4P.2H2O/c1-6(18-5-19(15,16)17)2-14-4-13-7-8(10)11-3-12-9(7)14;;/h3-4,6H,2,5H2,1H3,(H2,10,11,12)(H2,15,16,17);2*1H2/t6-;;/m1../s1. The lowest BCUT2D eigenvalue weighted by molar-refractivity contribution is 0.0764. The lowest BCUT2D eigenvalue weighted by Crippen LogP contribution is -2.17. The number of nitrogen functional groups attached to an aromatic ring is 1. The minimum atomic E-state index is -4.16. The topological polar surface area (TPSA) is 199 Å². The van der Waals surface area contributed by atoms with E-state index in [2.05, 4.69) is 15.0 Å². The third-order valence-corrected chi connectivity index (χ3v) is 2.90. The Balaban J connectivity index is 0.00000200. The molecule has 0 saturated heterocycles. The van der Waals surface area contributed by atoms with Crippen molar-refractivity contribution >= 4 is 24.6 Å². The number of nitrogens with zero attached hydrogens (tertiary/aromatic N) is 4.